The van der Waals surface area contributed by atoms with Gasteiger partial charge in [0.25, 0.3) is 0 Å². The highest BCUT2D eigenvalue weighted by molar-refractivity contribution is 7.80. The van der Waals surface area contributed by atoms with Gasteiger partial charge in [-0.25, -0.2) is 4.39 Å². The number of halogens is 2. The third kappa shape index (κ3) is 4.20. The molecule has 134 valence electrons. The maximum Gasteiger partial charge on any atom is 0.175 e. The second-order valence-electron chi connectivity index (χ2n) is 5.88. The van der Waals surface area contributed by atoms with Crippen LogP contribution in [0.5, 0.6) is 0 Å². The zero-order valence-electron chi connectivity index (χ0n) is 14.4. The lowest BCUT2D eigenvalue weighted by molar-refractivity contribution is 0.579. The molecule has 0 spiro atoms. The van der Waals surface area contributed by atoms with Gasteiger partial charge in [-0.15, -0.1) is 0 Å². The van der Waals surface area contributed by atoms with Crippen molar-refractivity contribution in [3.8, 4) is 0 Å². The highest BCUT2D eigenvalue weighted by Crippen LogP contribution is 2.22. The Morgan fingerprint density at radius 3 is 2.50 bits per heavy atom. The van der Waals surface area contributed by atoms with Crippen LogP contribution >= 0.6 is 23.8 Å². The fourth-order valence-corrected chi connectivity index (χ4v) is 2.97. The molecule has 7 heteroatoms. The summed E-state index contributed by atoms with van der Waals surface area (Å²) in [5.74, 6) is -0.241. The smallest absolute Gasteiger partial charge is 0.175 e. The fraction of sp³-hybridized carbons (Fsp3) is 0.158. The van der Waals surface area contributed by atoms with Crippen molar-refractivity contribution in [2.75, 3.05) is 10.6 Å². The molecule has 0 atom stereocenters. The van der Waals surface area contributed by atoms with E-state index in [9.17, 15) is 4.39 Å². The van der Waals surface area contributed by atoms with Gasteiger partial charge in [0, 0.05) is 16.3 Å². The Labute approximate surface area is 162 Å². The molecule has 0 aliphatic carbocycles. The first-order chi connectivity index (χ1) is 12.4. The molecule has 1 heterocycles. The predicted octanol–water partition coefficient (Wildman–Crippen LogP) is 5.15. The zero-order valence-corrected chi connectivity index (χ0v) is 16.0. The molecule has 0 aliphatic heterocycles. The van der Waals surface area contributed by atoms with E-state index in [2.05, 4.69) is 15.7 Å². The van der Waals surface area contributed by atoms with E-state index < -0.39 is 0 Å². The van der Waals surface area contributed by atoms with Crippen molar-refractivity contribution in [1.82, 2.24) is 9.78 Å². The van der Waals surface area contributed by atoms with Crippen LogP contribution in [0.25, 0.3) is 0 Å². The van der Waals surface area contributed by atoms with Gasteiger partial charge in [0.1, 0.15) is 5.82 Å². The van der Waals surface area contributed by atoms with Crippen LogP contribution in [0.4, 0.5) is 15.8 Å². The van der Waals surface area contributed by atoms with Gasteiger partial charge in [0.2, 0.25) is 0 Å². The number of hydrogen-bond acceptors (Lipinski definition) is 2. The van der Waals surface area contributed by atoms with Crippen molar-refractivity contribution in [3.63, 3.8) is 0 Å². The van der Waals surface area contributed by atoms with Crippen LogP contribution < -0.4 is 10.6 Å². The Kier molecular flexibility index (Phi) is 5.54. The van der Waals surface area contributed by atoms with Crippen molar-refractivity contribution in [2.45, 2.75) is 20.4 Å². The molecular weight excluding hydrogens is 371 g/mol. The van der Waals surface area contributed by atoms with E-state index in [0.717, 1.165) is 22.8 Å². The fourth-order valence-electron chi connectivity index (χ4n) is 2.63. The van der Waals surface area contributed by atoms with Crippen molar-refractivity contribution >= 4 is 40.3 Å². The SMILES string of the molecule is Cc1nn(Cc2ccccc2F)c(C)c1NC(=S)Nc1ccc(Cl)cc1. The van der Waals surface area contributed by atoms with Gasteiger partial charge in [-0.3, -0.25) is 4.68 Å². The number of nitrogens with one attached hydrogen (secondary N) is 2. The zero-order chi connectivity index (χ0) is 18.7. The molecule has 0 aliphatic rings. The van der Waals surface area contributed by atoms with Gasteiger partial charge >= 0.3 is 0 Å². The second kappa shape index (κ2) is 7.85. The Morgan fingerprint density at radius 2 is 1.81 bits per heavy atom. The maximum absolute atomic E-state index is 13.9. The second-order valence-corrected chi connectivity index (χ2v) is 6.73. The minimum Gasteiger partial charge on any atom is -0.332 e. The summed E-state index contributed by atoms with van der Waals surface area (Å²) < 4.78 is 15.7. The van der Waals surface area contributed by atoms with Gasteiger partial charge in [-0.1, -0.05) is 29.8 Å². The topological polar surface area (TPSA) is 41.9 Å². The van der Waals surface area contributed by atoms with Crippen LogP contribution in [0.3, 0.4) is 0 Å². The van der Waals surface area contributed by atoms with Gasteiger partial charge < -0.3 is 10.6 Å². The van der Waals surface area contributed by atoms with Gasteiger partial charge in [-0.2, -0.15) is 5.10 Å². The third-order valence-electron chi connectivity index (χ3n) is 4.00. The first-order valence-corrected chi connectivity index (χ1v) is 8.83. The van der Waals surface area contributed by atoms with Crippen molar-refractivity contribution < 1.29 is 4.39 Å². The summed E-state index contributed by atoms with van der Waals surface area (Å²) >= 11 is 11.3. The molecule has 3 rings (SSSR count). The molecule has 0 radical (unpaired) electrons. The molecular formula is C19H18ClFN4S. The van der Waals surface area contributed by atoms with Gasteiger partial charge in [0.05, 0.1) is 23.6 Å². The van der Waals surface area contributed by atoms with E-state index in [1.54, 1.807) is 28.9 Å². The molecule has 0 unspecified atom stereocenters. The standard InChI is InChI=1S/C19H18ClFN4S/c1-12-18(23-19(26)22-16-9-7-15(20)8-10-16)13(2)25(24-12)11-14-5-3-4-6-17(14)21/h3-10H,11H2,1-2H3,(H2,22,23,26). The third-order valence-corrected chi connectivity index (χ3v) is 4.46. The minimum absolute atomic E-state index is 0.241. The number of aromatic nitrogens is 2. The maximum atomic E-state index is 13.9. The molecule has 2 aromatic carbocycles. The first-order valence-electron chi connectivity index (χ1n) is 8.05. The largest absolute Gasteiger partial charge is 0.332 e. The number of hydrogen-bond donors (Lipinski definition) is 2. The van der Waals surface area contributed by atoms with E-state index in [1.165, 1.54) is 6.07 Å². The summed E-state index contributed by atoms with van der Waals surface area (Å²) in [7, 11) is 0. The Hall–Kier alpha value is -2.44. The van der Waals surface area contributed by atoms with Crippen molar-refractivity contribution in [2.24, 2.45) is 0 Å². The molecule has 0 saturated carbocycles. The van der Waals surface area contributed by atoms with Crippen LogP contribution in [0.1, 0.15) is 17.0 Å². The van der Waals surface area contributed by atoms with Crippen LogP contribution in [0.15, 0.2) is 48.5 Å². The van der Waals surface area contributed by atoms with Gasteiger partial charge in [-0.05, 0) is 56.4 Å². The Balaban J connectivity index is 1.74. The molecule has 3 aromatic rings. The predicted molar refractivity (Wildman–Crippen MR) is 108 cm³/mol. The molecule has 2 N–H and O–H groups in total. The summed E-state index contributed by atoms with van der Waals surface area (Å²) in [6.45, 7) is 4.17. The Bertz CT molecular complexity index is 937. The van der Waals surface area contributed by atoms with Crippen LogP contribution in [0, 0.1) is 19.7 Å². The number of anilines is 2. The summed E-state index contributed by atoms with van der Waals surface area (Å²) in [4.78, 5) is 0. The number of nitrogens with zero attached hydrogens (tertiary/aromatic N) is 2. The number of aryl methyl sites for hydroxylation is 1. The highest BCUT2D eigenvalue weighted by atomic mass is 35.5. The first kappa shape index (κ1) is 18.4. The van der Waals surface area contributed by atoms with E-state index in [0.29, 0.717) is 22.2 Å². The van der Waals surface area contributed by atoms with Crippen LogP contribution in [-0.4, -0.2) is 14.9 Å². The summed E-state index contributed by atoms with van der Waals surface area (Å²) in [6.07, 6.45) is 0. The molecule has 26 heavy (non-hydrogen) atoms. The van der Waals surface area contributed by atoms with E-state index >= 15 is 0 Å². The lowest BCUT2D eigenvalue weighted by Gasteiger charge is -2.11. The molecule has 4 nitrogen and oxygen atoms in total. The average Bonchev–Trinajstić information content (AvgIpc) is 2.86. The monoisotopic (exact) mass is 388 g/mol. The number of rotatable bonds is 4. The minimum atomic E-state index is -0.241. The van der Waals surface area contributed by atoms with E-state index in [1.807, 2.05) is 32.0 Å². The van der Waals surface area contributed by atoms with Crippen LogP contribution in [-0.2, 0) is 6.54 Å². The highest BCUT2D eigenvalue weighted by Gasteiger charge is 2.14. The quantitative estimate of drug-likeness (QED) is 0.606. The Morgan fingerprint density at radius 1 is 1.12 bits per heavy atom. The average molecular weight is 389 g/mol. The van der Waals surface area contributed by atoms with E-state index in [-0.39, 0.29) is 5.82 Å². The molecule has 1 aromatic heterocycles. The summed E-state index contributed by atoms with van der Waals surface area (Å²) in [5, 5.41) is 11.9. The molecule has 0 bridgehead atoms. The van der Waals surface area contributed by atoms with Crippen LogP contribution in [0.2, 0.25) is 5.02 Å². The number of thiocarbonyl (C=S) groups is 1. The van der Waals surface area contributed by atoms with Crippen molar-refractivity contribution in [1.29, 1.82) is 0 Å². The molecule has 0 amide bonds. The van der Waals surface area contributed by atoms with E-state index in [4.69, 9.17) is 23.8 Å². The summed E-state index contributed by atoms with van der Waals surface area (Å²) in [6, 6.07) is 14.0. The number of benzene rings is 2. The normalized spacial score (nSPS) is 10.6. The lowest BCUT2D eigenvalue weighted by Crippen LogP contribution is -2.20. The lowest BCUT2D eigenvalue weighted by atomic mass is 10.2. The summed E-state index contributed by atoms with van der Waals surface area (Å²) in [5.41, 5.74) is 3.91. The van der Waals surface area contributed by atoms with Gasteiger partial charge in [0.15, 0.2) is 5.11 Å². The van der Waals surface area contributed by atoms with Crippen molar-refractivity contribution in [3.05, 3.63) is 76.3 Å². The molecule has 0 saturated heterocycles. The molecule has 0 fully saturated rings.